The Kier molecular flexibility index (Phi) is 3.10. The van der Waals surface area contributed by atoms with Crippen LogP contribution in [-0.4, -0.2) is 48.3 Å². The van der Waals surface area contributed by atoms with E-state index in [9.17, 15) is 9.59 Å². The van der Waals surface area contributed by atoms with Crippen LogP contribution in [0.2, 0.25) is 0 Å². The van der Waals surface area contributed by atoms with Gasteiger partial charge in [0, 0.05) is 37.1 Å². The van der Waals surface area contributed by atoms with Gasteiger partial charge in [0.05, 0.1) is 0 Å². The van der Waals surface area contributed by atoms with Crippen molar-refractivity contribution >= 4 is 23.2 Å². The number of rotatable bonds is 1. The summed E-state index contributed by atoms with van der Waals surface area (Å²) in [6.45, 7) is 1.17. The molecule has 96 valence electrons. The van der Waals surface area contributed by atoms with E-state index in [0.29, 0.717) is 30.0 Å². The average Bonchev–Trinajstić information content (AvgIpc) is 2.30. The first-order chi connectivity index (χ1) is 8.47. The predicted molar refractivity (Wildman–Crippen MR) is 68.8 cm³/mol. The molecule has 1 aromatic carbocycles. The molecule has 0 saturated carbocycles. The van der Waals surface area contributed by atoms with Crippen LogP contribution in [0.25, 0.3) is 0 Å². The van der Waals surface area contributed by atoms with E-state index in [0.717, 1.165) is 0 Å². The molecule has 2 rings (SSSR count). The third-order valence-corrected chi connectivity index (χ3v) is 2.97. The zero-order chi connectivity index (χ0) is 13.3. The zero-order valence-electron chi connectivity index (χ0n) is 10.2. The zero-order valence-corrected chi connectivity index (χ0v) is 10.2. The molecule has 6 heteroatoms. The Morgan fingerprint density at radius 1 is 1.17 bits per heavy atom. The van der Waals surface area contributed by atoms with E-state index in [1.54, 1.807) is 30.1 Å². The van der Waals surface area contributed by atoms with E-state index in [-0.39, 0.29) is 18.4 Å². The first-order valence-corrected chi connectivity index (χ1v) is 5.66. The summed E-state index contributed by atoms with van der Waals surface area (Å²) < 4.78 is 0. The summed E-state index contributed by atoms with van der Waals surface area (Å²) in [5.74, 6) is -0.276. The summed E-state index contributed by atoms with van der Waals surface area (Å²) in [4.78, 5) is 26.9. The minimum Gasteiger partial charge on any atom is -0.399 e. The van der Waals surface area contributed by atoms with Crippen molar-refractivity contribution in [3.8, 4) is 0 Å². The number of amides is 2. The van der Waals surface area contributed by atoms with Gasteiger partial charge in [-0.2, -0.15) is 0 Å². The second kappa shape index (κ2) is 4.56. The van der Waals surface area contributed by atoms with E-state index < -0.39 is 0 Å². The molecule has 0 radical (unpaired) electrons. The van der Waals surface area contributed by atoms with E-state index in [4.69, 9.17) is 11.5 Å². The van der Waals surface area contributed by atoms with Gasteiger partial charge in [0.2, 0.25) is 5.91 Å². The largest absolute Gasteiger partial charge is 0.399 e. The molecule has 1 fully saturated rings. The lowest BCUT2D eigenvalue weighted by Gasteiger charge is -2.32. The molecular weight excluding hydrogens is 232 g/mol. The summed E-state index contributed by atoms with van der Waals surface area (Å²) in [5, 5.41) is 0. The van der Waals surface area contributed by atoms with Crippen LogP contribution in [0.5, 0.6) is 0 Å². The highest BCUT2D eigenvalue weighted by molar-refractivity contribution is 5.98. The highest BCUT2D eigenvalue weighted by Gasteiger charge is 2.25. The maximum absolute atomic E-state index is 12.2. The normalized spacial score (nSPS) is 15.9. The fourth-order valence-corrected chi connectivity index (χ4v) is 1.91. The number of likely N-dealkylation sites (N-methyl/N-ethyl adjacent to an activating group) is 1. The van der Waals surface area contributed by atoms with Crippen LogP contribution >= 0.6 is 0 Å². The van der Waals surface area contributed by atoms with Crippen molar-refractivity contribution in [2.75, 3.05) is 38.1 Å². The molecule has 0 aliphatic carbocycles. The molecule has 6 nitrogen and oxygen atoms in total. The highest BCUT2D eigenvalue weighted by Crippen LogP contribution is 2.16. The Bertz CT molecular complexity index is 481. The van der Waals surface area contributed by atoms with Crippen molar-refractivity contribution in [3.05, 3.63) is 23.8 Å². The molecule has 18 heavy (non-hydrogen) atoms. The molecular formula is C12H16N4O2. The Balaban J connectivity index is 2.18. The standard InChI is InChI=1S/C12H16N4O2/c1-15-2-3-16(7-11(15)17)12(18)8-4-9(13)6-10(14)5-8/h4-6H,2-3,7,13-14H2,1H3. The van der Waals surface area contributed by atoms with E-state index in [1.807, 2.05) is 0 Å². The summed E-state index contributed by atoms with van der Waals surface area (Å²) in [7, 11) is 1.72. The molecule has 0 bridgehead atoms. The van der Waals surface area contributed by atoms with Crippen LogP contribution in [-0.2, 0) is 4.79 Å². The van der Waals surface area contributed by atoms with Crippen LogP contribution < -0.4 is 11.5 Å². The van der Waals surface area contributed by atoms with Crippen molar-refractivity contribution in [1.29, 1.82) is 0 Å². The van der Waals surface area contributed by atoms with Gasteiger partial charge in [-0.3, -0.25) is 9.59 Å². The number of carbonyl (C=O) groups is 2. The van der Waals surface area contributed by atoms with Crippen molar-refractivity contribution < 1.29 is 9.59 Å². The Labute approximate surface area is 105 Å². The predicted octanol–water partition coefficient (Wildman–Crippen LogP) is -0.235. The molecule has 2 amide bonds. The van der Waals surface area contributed by atoms with Gasteiger partial charge in [-0.1, -0.05) is 0 Å². The average molecular weight is 248 g/mol. The van der Waals surface area contributed by atoms with Crippen molar-refractivity contribution in [2.24, 2.45) is 0 Å². The molecule has 1 heterocycles. The molecule has 0 atom stereocenters. The van der Waals surface area contributed by atoms with Gasteiger partial charge < -0.3 is 21.3 Å². The van der Waals surface area contributed by atoms with Crippen LogP contribution in [0.4, 0.5) is 11.4 Å². The second-order valence-corrected chi connectivity index (χ2v) is 4.43. The maximum Gasteiger partial charge on any atom is 0.254 e. The molecule has 1 aliphatic rings. The first kappa shape index (κ1) is 12.2. The number of nitrogen functional groups attached to an aromatic ring is 2. The van der Waals surface area contributed by atoms with Gasteiger partial charge >= 0.3 is 0 Å². The Hall–Kier alpha value is -2.24. The fraction of sp³-hybridized carbons (Fsp3) is 0.333. The smallest absolute Gasteiger partial charge is 0.254 e. The molecule has 1 saturated heterocycles. The Morgan fingerprint density at radius 2 is 1.78 bits per heavy atom. The highest BCUT2D eigenvalue weighted by atomic mass is 16.2. The molecule has 0 aromatic heterocycles. The quantitative estimate of drug-likeness (QED) is 0.671. The number of hydrogen-bond donors (Lipinski definition) is 2. The van der Waals surface area contributed by atoms with Gasteiger partial charge in [-0.25, -0.2) is 0 Å². The molecule has 4 N–H and O–H groups in total. The number of carbonyl (C=O) groups excluding carboxylic acids is 2. The number of benzene rings is 1. The number of hydrogen-bond acceptors (Lipinski definition) is 4. The topological polar surface area (TPSA) is 92.7 Å². The fourth-order valence-electron chi connectivity index (χ4n) is 1.91. The van der Waals surface area contributed by atoms with Gasteiger partial charge in [0.25, 0.3) is 5.91 Å². The molecule has 0 unspecified atom stereocenters. The van der Waals surface area contributed by atoms with Crippen LogP contribution in [0, 0.1) is 0 Å². The van der Waals surface area contributed by atoms with Crippen molar-refractivity contribution in [2.45, 2.75) is 0 Å². The van der Waals surface area contributed by atoms with E-state index in [2.05, 4.69) is 0 Å². The third-order valence-electron chi connectivity index (χ3n) is 2.97. The third kappa shape index (κ3) is 2.37. The van der Waals surface area contributed by atoms with Crippen LogP contribution in [0.15, 0.2) is 18.2 Å². The molecule has 1 aromatic rings. The lowest BCUT2D eigenvalue weighted by Crippen LogP contribution is -2.50. The number of piperazine rings is 1. The SMILES string of the molecule is CN1CCN(C(=O)c2cc(N)cc(N)c2)CC1=O. The molecule has 0 spiro atoms. The summed E-state index contributed by atoms with van der Waals surface area (Å²) >= 11 is 0. The monoisotopic (exact) mass is 248 g/mol. The second-order valence-electron chi connectivity index (χ2n) is 4.43. The number of nitrogens with two attached hydrogens (primary N) is 2. The minimum atomic E-state index is -0.213. The van der Waals surface area contributed by atoms with Gasteiger partial charge in [-0.15, -0.1) is 0 Å². The summed E-state index contributed by atoms with van der Waals surface area (Å²) in [5.41, 5.74) is 12.6. The van der Waals surface area contributed by atoms with Crippen LogP contribution in [0.1, 0.15) is 10.4 Å². The minimum absolute atomic E-state index is 0.0634. The van der Waals surface area contributed by atoms with Gasteiger partial charge in [0.15, 0.2) is 0 Å². The van der Waals surface area contributed by atoms with Gasteiger partial charge in [0.1, 0.15) is 6.54 Å². The van der Waals surface area contributed by atoms with Gasteiger partial charge in [-0.05, 0) is 18.2 Å². The number of anilines is 2. The van der Waals surface area contributed by atoms with Crippen molar-refractivity contribution in [3.63, 3.8) is 0 Å². The lowest BCUT2D eigenvalue weighted by atomic mass is 10.1. The first-order valence-electron chi connectivity index (χ1n) is 5.66. The maximum atomic E-state index is 12.2. The lowest BCUT2D eigenvalue weighted by molar-refractivity contribution is -0.133. The Morgan fingerprint density at radius 3 is 2.33 bits per heavy atom. The van der Waals surface area contributed by atoms with E-state index in [1.165, 1.54) is 4.90 Å². The molecule has 1 aliphatic heterocycles. The van der Waals surface area contributed by atoms with E-state index >= 15 is 0 Å². The summed E-state index contributed by atoms with van der Waals surface area (Å²) in [6, 6.07) is 4.73. The number of nitrogens with zero attached hydrogens (tertiary/aromatic N) is 2. The summed E-state index contributed by atoms with van der Waals surface area (Å²) in [6.07, 6.45) is 0. The van der Waals surface area contributed by atoms with Crippen molar-refractivity contribution in [1.82, 2.24) is 9.80 Å². The van der Waals surface area contributed by atoms with Crippen LogP contribution in [0.3, 0.4) is 0 Å².